The number of aliphatic hydroxyl groups is 2. The Morgan fingerprint density at radius 2 is 0.505 bits per heavy atom. The Morgan fingerprint density at radius 3 is 0.800 bits per heavy atom. The summed E-state index contributed by atoms with van der Waals surface area (Å²) in [5.74, 6) is -1.60. The summed E-state index contributed by atoms with van der Waals surface area (Å²) in [5, 5.41) is 20.7. The Labute approximate surface area is 638 Å². The molecule has 602 valence electrons. The van der Waals surface area contributed by atoms with Gasteiger partial charge in [0.05, 0.1) is 26.4 Å². The highest BCUT2D eigenvalue weighted by atomic mass is 31.2. The lowest BCUT2D eigenvalue weighted by Gasteiger charge is -2.21. The lowest BCUT2D eigenvalue weighted by Crippen LogP contribution is -2.30. The number of phosphoric acid groups is 2. The third kappa shape index (κ3) is 80.3. The summed E-state index contributed by atoms with van der Waals surface area (Å²) in [6, 6.07) is 0. The Balaban J connectivity index is 4.65. The molecule has 18 heteroatoms. The van der Waals surface area contributed by atoms with E-state index < -0.39 is 91.5 Å². The molecule has 5 unspecified atom stereocenters. The van der Waals surface area contributed by atoms with E-state index in [2.05, 4.69) is 167 Å². The predicted octanol–water partition coefficient (Wildman–Crippen LogP) is 24.4. The maximum absolute atomic E-state index is 13.0. The van der Waals surface area contributed by atoms with Crippen LogP contribution in [-0.4, -0.2) is 95.9 Å². The van der Waals surface area contributed by atoms with Crippen molar-refractivity contribution < 1.29 is 75.8 Å². The Bertz CT molecular complexity index is 2490. The topological polar surface area (TPSA) is 231 Å². The van der Waals surface area contributed by atoms with Crippen molar-refractivity contribution in [1.82, 2.24) is 0 Å². The van der Waals surface area contributed by atoms with Gasteiger partial charge in [-0.05, 0) is 148 Å². The summed E-state index contributed by atoms with van der Waals surface area (Å²) < 4.78 is 61.3. The summed E-state index contributed by atoms with van der Waals surface area (Å²) in [4.78, 5) is 58.8. The number of carbonyl (C=O) groups is 3. The molecule has 0 rings (SSSR count). The minimum atomic E-state index is -4.95. The Hall–Kier alpha value is -4.57. The first-order chi connectivity index (χ1) is 51.2. The first-order valence-corrected chi connectivity index (χ1v) is 44.1. The van der Waals surface area contributed by atoms with Crippen LogP contribution in [0.4, 0.5) is 0 Å². The molecule has 0 spiro atoms. The number of rotatable bonds is 77. The summed E-state index contributed by atoms with van der Waals surface area (Å²) >= 11 is 0. The second-order valence-electron chi connectivity index (χ2n) is 27.2. The van der Waals surface area contributed by atoms with Gasteiger partial charge in [-0.15, -0.1) is 0 Å². The molecule has 0 heterocycles. The van der Waals surface area contributed by atoms with Gasteiger partial charge in [-0.25, -0.2) is 9.13 Å². The van der Waals surface area contributed by atoms with Crippen molar-refractivity contribution in [2.45, 2.75) is 347 Å². The van der Waals surface area contributed by atoms with Crippen LogP contribution in [0.25, 0.3) is 0 Å². The fourth-order valence-corrected chi connectivity index (χ4v) is 12.4. The molecular weight excluding hydrogens is 1360 g/mol. The quantitative estimate of drug-likeness (QED) is 0.0146. The van der Waals surface area contributed by atoms with Gasteiger partial charge >= 0.3 is 33.6 Å². The first-order valence-electron chi connectivity index (χ1n) is 41.1. The summed E-state index contributed by atoms with van der Waals surface area (Å²) in [6.45, 7) is 2.50. The van der Waals surface area contributed by atoms with E-state index >= 15 is 0 Å². The van der Waals surface area contributed by atoms with E-state index in [-0.39, 0.29) is 19.3 Å². The number of carbonyl (C=O) groups excluding carboxylic acids is 3. The number of allylic oxidation sites excluding steroid dienone is 24. The molecule has 0 aliphatic carbocycles. The van der Waals surface area contributed by atoms with Crippen LogP contribution in [0.5, 0.6) is 0 Å². The van der Waals surface area contributed by atoms with E-state index in [4.69, 9.17) is 32.3 Å². The fourth-order valence-electron chi connectivity index (χ4n) is 10.8. The highest BCUT2D eigenvalue weighted by Crippen LogP contribution is 2.45. The van der Waals surface area contributed by atoms with Crippen LogP contribution in [-0.2, 0) is 55.8 Å². The SMILES string of the molecule is CC/C=C\C/C=C\C/C=C\C/C=C\C/C=C\CCCCCCCCCC(=O)OCC(COP(=O)(O)OCC(O)COP(=O)(O)OCC(O)COC(=O)CCCCCCCCCCCCC/C=C\C/C=C\C/C=C\C/C=C\CCCCC)OC(=O)CCCCCCCC/C=C\C/C=C\C/C=C\CCCCC. The molecule has 4 N–H and O–H groups in total. The second kappa shape index (κ2) is 79.0. The summed E-state index contributed by atoms with van der Waals surface area (Å²) in [5.41, 5.74) is 0. The summed E-state index contributed by atoms with van der Waals surface area (Å²) in [7, 11) is -9.81. The Kier molecular flexibility index (Phi) is 75.6. The van der Waals surface area contributed by atoms with Gasteiger partial charge in [0.1, 0.15) is 25.4 Å². The molecular formula is C87H148O16P2. The van der Waals surface area contributed by atoms with Crippen LogP contribution in [0, 0.1) is 0 Å². The van der Waals surface area contributed by atoms with Crippen molar-refractivity contribution in [2.75, 3.05) is 39.6 Å². The van der Waals surface area contributed by atoms with Crippen molar-refractivity contribution >= 4 is 33.6 Å². The van der Waals surface area contributed by atoms with Gasteiger partial charge in [0.15, 0.2) is 6.10 Å². The molecule has 0 saturated heterocycles. The van der Waals surface area contributed by atoms with Crippen molar-refractivity contribution in [2.24, 2.45) is 0 Å². The van der Waals surface area contributed by atoms with E-state index in [0.717, 1.165) is 180 Å². The highest BCUT2D eigenvalue weighted by molar-refractivity contribution is 7.47. The number of hydrogen-bond acceptors (Lipinski definition) is 14. The van der Waals surface area contributed by atoms with Gasteiger partial charge in [-0.3, -0.25) is 32.5 Å². The molecule has 5 atom stereocenters. The lowest BCUT2D eigenvalue weighted by molar-refractivity contribution is -0.161. The molecule has 0 bridgehead atoms. The summed E-state index contributed by atoms with van der Waals surface area (Å²) in [6.07, 6.45) is 97.3. The minimum Gasteiger partial charge on any atom is -0.463 e. The van der Waals surface area contributed by atoms with Gasteiger partial charge in [-0.1, -0.05) is 308 Å². The number of ether oxygens (including phenoxy) is 3. The molecule has 16 nitrogen and oxygen atoms in total. The molecule has 0 aromatic heterocycles. The average molecular weight is 1510 g/mol. The molecule has 0 radical (unpaired) electrons. The van der Waals surface area contributed by atoms with Crippen LogP contribution in [0.2, 0.25) is 0 Å². The third-order valence-electron chi connectivity index (χ3n) is 17.0. The maximum atomic E-state index is 13.0. The smallest absolute Gasteiger partial charge is 0.463 e. The van der Waals surface area contributed by atoms with E-state index in [9.17, 15) is 43.5 Å². The zero-order valence-corrected chi connectivity index (χ0v) is 67.6. The predicted molar refractivity (Wildman–Crippen MR) is 436 cm³/mol. The van der Waals surface area contributed by atoms with Crippen molar-refractivity contribution in [3.63, 3.8) is 0 Å². The number of esters is 3. The van der Waals surface area contributed by atoms with Gasteiger partial charge in [0, 0.05) is 19.3 Å². The van der Waals surface area contributed by atoms with Gasteiger partial charge < -0.3 is 34.2 Å². The van der Waals surface area contributed by atoms with E-state index in [1.165, 1.54) is 89.9 Å². The van der Waals surface area contributed by atoms with Crippen LogP contribution >= 0.6 is 15.6 Å². The zero-order valence-electron chi connectivity index (χ0n) is 65.9. The zero-order chi connectivity index (χ0) is 76.6. The van der Waals surface area contributed by atoms with E-state index in [1.807, 2.05) is 0 Å². The molecule has 105 heavy (non-hydrogen) atoms. The Morgan fingerprint density at radius 1 is 0.276 bits per heavy atom. The third-order valence-corrected chi connectivity index (χ3v) is 18.9. The number of hydrogen-bond donors (Lipinski definition) is 4. The number of unbranched alkanes of at least 4 members (excludes halogenated alkanes) is 30. The molecule has 0 fully saturated rings. The van der Waals surface area contributed by atoms with Crippen LogP contribution in [0.3, 0.4) is 0 Å². The minimum absolute atomic E-state index is 0.0833. The largest absolute Gasteiger partial charge is 0.472 e. The molecule has 0 saturated carbocycles. The van der Waals surface area contributed by atoms with Crippen molar-refractivity contribution in [3.05, 3.63) is 146 Å². The molecule has 0 aliphatic rings. The van der Waals surface area contributed by atoms with Crippen LogP contribution in [0.15, 0.2) is 146 Å². The van der Waals surface area contributed by atoms with Gasteiger partial charge in [-0.2, -0.15) is 0 Å². The van der Waals surface area contributed by atoms with Crippen molar-refractivity contribution in [3.8, 4) is 0 Å². The highest BCUT2D eigenvalue weighted by Gasteiger charge is 2.29. The fraction of sp³-hybridized carbons (Fsp3) is 0.690. The molecule has 0 amide bonds. The van der Waals surface area contributed by atoms with E-state index in [0.29, 0.717) is 19.3 Å². The molecule has 0 aromatic carbocycles. The monoisotopic (exact) mass is 1510 g/mol. The second-order valence-corrected chi connectivity index (χ2v) is 30.1. The van der Waals surface area contributed by atoms with Crippen LogP contribution < -0.4 is 0 Å². The average Bonchev–Trinajstić information content (AvgIpc) is 0.921. The number of phosphoric ester groups is 2. The van der Waals surface area contributed by atoms with Crippen molar-refractivity contribution in [1.29, 1.82) is 0 Å². The number of aliphatic hydroxyl groups excluding tert-OH is 2. The van der Waals surface area contributed by atoms with Crippen LogP contribution in [0.1, 0.15) is 329 Å². The molecule has 0 aromatic rings. The van der Waals surface area contributed by atoms with Gasteiger partial charge in [0.2, 0.25) is 0 Å². The maximum Gasteiger partial charge on any atom is 0.472 e. The van der Waals surface area contributed by atoms with E-state index in [1.54, 1.807) is 0 Å². The normalized spacial score (nSPS) is 14.7. The lowest BCUT2D eigenvalue weighted by atomic mass is 10.0. The first kappa shape index (κ1) is 100. The van der Waals surface area contributed by atoms with Gasteiger partial charge in [0.25, 0.3) is 0 Å². The molecule has 0 aliphatic heterocycles. The standard InChI is InChI=1S/C87H148O16P2/c1-4-7-10-13-16-19-22-25-28-31-34-36-38-39-40-41-43-45-47-49-52-55-58-61-64-67-70-73-85(90)97-76-82(88)77-99-104(93,94)100-78-83(89)79-101-105(95,96)102-81-84(103-87(92)75-72-69-66-63-60-57-54-51-46-33-30-27-24-21-18-15-12-9-6-3)80-98-86(91)74-71-68-65-62-59-56-53-50-48-44-42-37-35-32-29-26-23-20-17-14-11-8-5-2/h8,11,16-21,25-30,34-37,39-40,44,46,48,51,82-84,88-89H,4-7,9-10,12-15,22-24,31-33,38,41-43,45,47,49-50,52-81H2,1-3H3,(H,93,94)(H,95,96)/b11-8-,19-16-,20-17-,21-18-,28-25-,29-26-,30-27-,36-34-,37-35-,40-39-,48-44-,51-46-.